The molecule has 0 radical (unpaired) electrons. The van der Waals surface area contributed by atoms with E-state index in [1.807, 2.05) is 35.0 Å². The Labute approximate surface area is 135 Å². The van der Waals surface area contributed by atoms with Gasteiger partial charge >= 0.3 is 0 Å². The van der Waals surface area contributed by atoms with Gasteiger partial charge in [-0.3, -0.25) is 9.59 Å². The first kappa shape index (κ1) is 15.3. The highest BCUT2D eigenvalue weighted by Crippen LogP contribution is 2.12. The van der Waals surface area contributed by atoms with E-state index in [0.29, 0.717) is 32.5 Å². The largest absolute Gasteiger partial charge is 0.344 e. The lowest BCUT2D eigenvalue weighted by molar-refractivity contribution is -0.130. The van der Waals surface area contributed by atoms with E-state index in [9.17, 15) is 9.59 Å². The first-order valence-electron chi connectivity index (χ1n) is 7.72. The Kier molecular flexibility index (Phi) is 4.41. The summed E-state index contributed by atoms with van der Waals surface area (Å²) in [5.74, 6) is 0.175. The van der Waals surface area contributed by atoms with Crippen molar-refractivity contribution >= 4 is 11.8 Å². The quantitative estimate of drug-likeness (QED) is 0.853. The van der Waals surface area contributed by atoms with Crippen LogP contribution in [0.1, 0.15) is 12.0 Å². The van der Waals surface area contributed by atoms with Gasteiger partial charge in [-0.25, -0.2) is 4.98 Å². The molecule has 0 N–H and O–H groups in total. The first-order valence-corrected chi connectivity index (χ1v) is 7.72. The molecule has 1 aromatic heterocycles. The van der Waals surface area contributed by atoms with Gasteiger partial charge in [0.1, 0.15) is 0 Å². The second-order valence-corrected chi connectivity index (χ2v) is 5.76. The van der Waals surface area contributed by atoms with Crippen molar-refractivity contribution in [3.63, 3.8) is 0 Å². The van der Waals surface area contributed by atoms with E-state index < -0.39 is 0 Å². The minimum absolute atomic E-state index is 0.0727. The number of imidazole rings is 1. The molecule has 0 atom stereocenters. The number of carbonyl (C=O) groups is 2. The summed E-state index contributed by atoms with van der Waals surface area (Å²) >= 11 is 0. The summed E-state index contributed by atoms with van der Waals surface area (Å²) in [4.78, 5) is 31.6. The number of aromatic nitrogens is 2. The van der Waals surface area contributed by atoms with Crippen LogP contribution < -0.4 is 0 Å². The van der Waals surface area contributed by atoms with Gasteiger partial charge in [0.2, 0.25) is 11.8 Å². The van der Waals surface area contributed by atoms with Crippen LogP contribution in [0.5, 0.6) is 0 Å². The summed E-state index contributed by atoms with van der Waals surface area (Å²) in [6.07, 6.45) is 6.12. The van der Waals surface area contributed by atoms with Gasteiger partial charge in [0, 0.05) is 51.2 Å². The number of likely N-dealkylation sites (N-methyl/N-ethyl adjacent to an activating group) is 1. The van der Waals surface area contributed by atoms with Crippen LogP contribution in [0.15, 0.2) is 43.0 Å². The van der Waals surface area contributed by atoms with Crippen LogP contribution in [0.4, 0.5) is 0 Å². The highest BCUT2D eigenvalue weighted by molar-refractivity contribution is 5.81. The van der Waals surface area contributed by atoms with E-state index in [-0.39, 0.29) is 11.8 Å². The molecule has 1 aromatic carbocycles. The molecule has 6 heteroatoms. The summed E-state index contributed by atoms with van der Waals surface area (Å²) in [5.41, 5.74) is 1.99. The monoisotopic (exact) mass is 312 g/mol. The molecular formula is C17H20N4O2. The molecule has 0 saturated carbocycles. The Balaban J connectivity index is 1.62. The summed E-state index contributed by atoms with van der Waals surface area (Å²) in [6.45, 7) is 1.72. The maximum Gasteiger partial charge on any atom is 0.227 e. The van der Waals surface area contributed by atoms with Crippen molar-refractivity contribution < 1.29 is 9.59 Å². The zero-order chi connectivity index (χ0) is 16.2. The standard InChI is InChI=1S/C17H20N4O2/c1-19-10-11-20(8-6-16(19)22)17(23)12-14-2-4-15(5-3-14)21-9-7-18-13-21/h2-5,7,9,13H,6,8,10-12H2,1H3. The molecule has 6 nitrogen and oxygen atoms in total. The Morgan fingerprint density at radius 1 is 1.17 bits per heavy atom. The molecule has 120 valence electrons. The lowest BCUT2D eigenvalue weighted by Crippen LogP contribution is -2.35. The Morgan fingerprint density at radius 3 is 2.65 bits per heavy atom. The fourth-order valence-electron chi connectivity index (χ4n) is 2.66. The molecule has 1 fully saturated rings. The average molecular weight is 312 g/mol. The minimum Gasteiger partial charge on any atom is -0.344 e. The molecule has 2 heterocycles. The fraction of sp³-hybridized carbons (Fsp3) is 0.353. The van der Waals surface area contributed by atoms with Crippen molar-refractivity contribution in [2.24, 2.45) is 0 Å². The van der Waals surface area contributed by atoms with Crippen LogP contribution in [0.25, 0.3) is 5.69 Å². The molecule has 0 unspecified atom stereocenters. The first-order chi connectivity index (χ1) is 11.1. The molecule has 1 aliphatic heterocycles. The van der Waals surface area contributed by atoms with Crippen molar-refractivity contribution in [2.45, 2.75) is 12.8 Å². The van der Waals surface area contributed by atoms with Gasteiger partial charge in [0.15, 0.2) is 0 Å². The maximum absolute atomic E-state index is 12.4. The summed E-state index contributed by atoms with van der Waals surface area (Å²) < 4.78 is 1.92. The highest BCUT2D eigenvalue weighted by atomic mass is 16.2. The predicted molar refractivity (Wildman–Crippen MR) is 86.1 cm³/mol. The third-order valence-electron chi connectivity index (χ3n) is 4.17. The van der Waals surface area contributed by atoms with Crippen molar-refractivity contribution in [3.8, 4) is 5.69 Å². The molecule has 0 spiro atoms. The van der Waals surface area contributed by atoms with Crippen LogP contribution >= 0.6 is 0 Å². The van der Waals surface area contributed by atoms with E-state index in [1.54, 1.807) is 29.4 Å². The second-order valence-electron chi connectivity index (χ2n) is 5.76. The molecule has 2 aromatic rings. The fourth-order valence-corrected chi connectivity index (χ4v) is 2.66. The van der Waals surface area contributed by atoms with E-state index in [0.717, 1.165) is 11.3 Å². The molecule has 23 heavy (non-hydrogen) atoms. The summed E-state index contributed by atoms with van der Waals surface area (Å²) in [7, 11) is 1.78. The van der Waals surface area contributed by atoms with Gasteiger partial charge in [-0.2, -0.15) is 0 Å². The van der Waals surface area contributed by atoms with Crippen LogP contribution in [0.2, 0.25) is 0 Å². The van der Waals surface area contributed by atoms with Gasteiger partial charge in [0.05, 0.1) is 12.7 Å². The topological polar surface area (TPSA) is 58.4 Å². The third kappa shape index (κ3) is 3.59. The van der Waals surface area contributed by atoms with Crippen molar-refractivity contribution in [1.29, 1.82) is 0 Å². The second kappa shape index (κ2) is 6.64. The number of hydrogen-bond donors (Lipinski definition) is 0. The summed E-state index contributed by atoms with van der Waals surface area (Å²) in [5, 5.41) is 0. The normalized spacial score (nSPS) is 15.6. The highest BCUT2D eigenvalue weighted by Gasteiger charge is 2.21. The Morgan fingerprint density at radius 2 is 1.96 bits per heavy atom. The molecule has 2 amide bonds. The molecule has 0 bridgehead atoms. The zero-order valence-corrected chi connectivity index (χ0v) is 13.2. The van der Waals surface area contributed by atoms with Crippen LogP contribution in [-0.2, 0) is 16.0 Å². The van der Waals surface area contributed by atoms with Crippen molar-refractivity contribution in [3.05, 3.63) is 48.5 Å². The number of carbonyl (C=O) groups excluding carboxylic acids is 2. The molecule has 1 aliphatic rings. The minimum atomic E-state index is 0.0727. The summed E-state index contributed by atoms with van der Waals surface area (Å²) in [6, 6.07) is 7.87. The maximum atomic E-state index is 12.4. The molecule has 0 aliphatic carbocycles. The van der Waals surface area contributed by atoms with Gasteiger partial charge in [0.25, 0.3) is 0 Å². The van der Waals surface area contributed by atoms with Gasteiger partial charge in [-0.1, -0.05) is 12.1 Å². The zero-order valence-electron chi connectivity index (χ0n) is 13.2. The molecule has 3 rings (SSSR count). The predicted octanol–water partition coefficient (Wildman–Crippen LogP) is 1.11. The van der Waals surface area contributed by atoms with Crippen LogP contribution in [0, 0.1) is 0 Å². The number of benzene rings is 1. The number of hydrogen-bond acceptors (Lipinski definition) is 3. The molecular weight excluding hydrogens is 292 g/mol. The van der Waals surface area contributed by atoms with Crippen LogP contribution in [0.3, 0.4) is 0 Å². The SMILES string of the molecule is CN1CCN(C(=O)Cc2ccc(-n3ccnc3)cc2)CCC1=O. The smallest absolute Gasteiger partial charge is 0.227 e. The third-order valence-corrected chi connectivity index (χ3v) is 4.17. The Bertz CT molecular complexity index is 679. The van der Waals surface area contributed by atoms with E-state index in [2.05, 4.69) is 4.98 Å². The van der Waals surface area contributed by atoms with E-state index in [4.69, 9.17) is 0 Å². The number of nitrogens with zero attached hydrogens (tertiary/aromatic N) is 4. The van der Waals surface area contributed by atoms with Crippen molar-refractivity contribution in [2.75, 3.05) is 26.7 Å². The lowest BCUT2D eigenvalue weighted by atomic mass is 10.1. The van der Waals surface area contributed by atoms with Gasteiger partial charge < -0.3 is 14.4 Å². The van der Waals surface area contributed by atoms with E-state index in [1.165, 1.54) is 0 Å². The lowest BCUT2D eigenvalue weighted by Gasteiger charge is -2.20. The van der Waals surface area contributed by atoms with E-state index >= 15 is 0 Å². The Hall–Kier alpha value is -2.63. The van der Waals surface area contributed by atoms with Crippen LogP contribution in [-0.4, -0.2) is 57.8 Å². The van der Waals surface area contributed by atoms with Gasteiger partial charge in [-0.15, -0.1) is 0 Å². The average Bonchev–Trinajstić information content (AvgIpc) is 3.03. The number of rotatable bonds is 3. The van der Waals surface area contributed by atoms with Crippen molar-refractivity contribution in [1.82, 2.24) is 19.4 Å². The molecule has 1 saturated heterocycles. The van der Waals surface area contributed by atoms with Gasteiger partial charge in [-0.05, 0) is 17.7 Å². The number of amides is 2.